The maximum Gasteiger partial charge on any atom is 0.213 e. The lowest BCUT2D eigenvalue weighted by Crippen LogP contribution is -2.32. The van der Waals surface area contributed by atoms with Gasteiger partial charge in [0.05, 0.1) is 11.3 Å². The third-order valence-electron chi connectivity index (χ3n) is 4.53. The molecule has 1 aliphatic heterocycles. The zero-order chi connectivity index (χ0) is 18.1. The van der Waals surface area contributed by atoms with E-state index in [2.05, 4.69) is 25.9 Å². The summed E-state index contributed by atoms with van der Waals surface area (Å²) in [6.45, 7) is 3.45. The number of nitriles is 1. The molecule has 0 saturated carbocycles. The molecule has 0 aromatic carbocycles. The molecule has 6 heteroatoms. The van der Waals surface area contributed by atoms with Crippen LogP contribution in [0.2, 0.25) is 0 Å². The highest BCUT2D eigenvalue weighted by atomic mass is 19.1. The van der Waals surface area contributed by atoms with Crippen LogP contribution in [-0.2, 0) is 13.0 Å². The van der Waals surface area contributed by atoms with Crippen LogP contribution in [0.15, 0.2) is 42.7 Å². The first-order valence-electron chi connectivity index (χ1n) is 8.36. The zero-order valence-corrected chi connectivity index (χ0v) is 14.3. The molecule has 3 aromatic rings. The lowest BCUT2D eigenvalue weighted by atomic mass is 10.0. The van der Waals surface area contributed by atoms with E-state index in [9.17, 15) is 4.39 Å². The maximum atomic E-state index is 13.4. The Kier molecular flexibility index (Phi) is 4.05. The molecule has 0 spiro atoms. The van der Waals surface area contributed by atoms with E-state index in [0.717, 1.165) is 41.2 Å². The SMILES string of the molecule is Cc1cc(C#N)cnc1N1CCc2ncc(-c3cccc(F)n3)cc2C1. The third kappa shape index (κ3) is 3.00. The van der Waals surface area contributed by atoms with E-state index < -0.39 is 5.95 Å². The molecule has 0 N–H and O–H groups in total. The number of aryl methyl sites for hydroxylation is 1. The smallest absolute Gasteiger partial charge is 0.213 e. The summed E-state index contributed by atoms with van der Waals surface area (Å²) < 4.78 is 13.4. The van der Waals surface area contributed by atoms with Crippen LogP contribution in [0.25, 0.3) is 11.3 Å². The number of fused-ring (bicyclic) bond motifs is 1. The first kappa shape index (κ1) is 16.2. The molecule has 0 unspecified atom stereocenters. The monoisotopic (exact) mass is 345 g/mol. The van der Waals surface area contributed by atoms with E-state index in [4.69, 9.17) is 5.26 Å². The fourth-order valence-corrected chi connectivity index (χ4v) is 3.28. The van der Waals surface area contributed by atoms with Crippen LogP contribution >= 0.6 is 0 Å². The predicted molar refractivity (Wildman–Crippen MR) is 95.9 cm³/mol. The molecule has 0 bridgehead atoms. The minimum absolute atomic E-state index is 0.501. The molecule has 5 nitrogen and oxygen atoms in total. The van der Waals surface area contributed by atoms with Crippen LogP contribution in [0, 0.1) is 24.2 Å². The molecule has 4 heterocycles. The van der Waals surface area contributed by atoms with Gasteiger partial charge in [-0.3, -0.25) is 4.98 Å². The van der Waals surface area contributed by atoms with Gasteiger partial charge in [-0.2, -0.15) is 9.65 Å². The second-order valence-electron chi connectivity index (χ2n) is 6.32. The number of rotatable bonds is 2. The van der Waals surface area contributed by atoms with E-state index in [1.807, 2.05) is 19.1 Å². The van der Waals surface area contributed by atoms with Gasteiger partial charge in [-0.15, -0.1) is 0 Å². The Bertz CT molecular complexity index is 1020. The van der Waals surface area contributed by atoms with Crippen LogP contribution < -0.4 is 4.90 Å². The first-order chi connectivity index (χ1) is 12.6. The van der Waals surface area contributed by atoms with Crippen LogP contribution in [0.5, 0.6) is 0 Å². The number of hydrogen-bond acceptors (Lipinski definition) is 5. The Morgan fingerprint density at radius 3 is 2.85 bits per heavy atom. The van der Waals surface area contributed by atoms with Gasteiger partial charge in [-0.1, -0.05) is 6.07 Å². The van der Waals surface area contributed by atoms with Crippen molar-refractivity contribution in [3.05, 3.63) is 71.1 Å². The first-order valence-corrected chi connectivity index (χ1v) is 8.36. The van der Waals surface area contributed by atoms with Gasteiger partial charge in [-0.05, 0) is 42.3 Å². The normalized spacial score (nSPS) is 13.2. The van der Waals surface area contributed by atoms with Gasteiger partial charge in [0.1, 0.15) is 11.9 Å². The molecule has 26 heavy (non-hydrogen) atoms. The maximum absolute atomic E-state index is 13.4. The summed E-state index contributed by atoms with van der Waals surface area (Å²) in [6.07, 6.45) is 4.16. The average molecular weight is 345 g/mol. The quantitative estimate of drug-likeness (QED) is 0.666. The van der Waals surface area contributed by atoms with Gasteiger partial charge < -0.3 is 4.90 Å². The molecule has 1 aliphatic rings. The molecule has 3 aromatic heterocycles. The lowest BCUT2D eigenvalue weighted by Gasteiger charge is -2.30. The Morgan fingerprint density at radius 2 is 2.08 bits per heavy atom. The summed E-state index contributed by atoms with van der Waals surface area (Å²) in [5.74, 6) is 0.378. The van der Waals surface area contributed by atoms with E-state index in [1.165, 1.54) is 6.07 Å². The van der Waals surface area contributed by atoms with Crippen molar-refractivity contribution in [1.29, 1.82) is 5.26 Å². The summed E-state index contributed by atoms with van der Waals surface area (Å²) in [5, 5.41) is 9.01. The van der Waals surface area contributed by atoms with Crippen molar-refractivity contribution >= 4 is 5.82 Å². The molecule has 0 aliphatic carbocycles. The Labute approximate surface area is 150 Å². The highest BCUT2D eigenvalue weighted by molar-refractivity contribution is 5.60. The van der Waals surface area contributed by atoms with Gasteiger partial charge in [0.2, 0.25) is 5.95 Å². The fourth-order valence-electron chi connectivity index (χ4n) is 3.28. The van der Waals surface area contributed by atoms with Crippen LogP contribution in [0.1, 0.15) is 22.4 Å². The van der Waals surface area contributed by atoms with Gasteiger partial charge in [0.25, 0.3) is 0 Å². The van der Waals surface area contributed by atoms with Crippen LogP contribution in [0.3, 0.4) is 0 Å². The second-order valence-corrected chi connectivity index (χ2v) is 6.32. The number of pyridine rings is 3. The predicted octanol–water partition coefficient (Wildman–Crippen LogP) is 3.42. The third-order valence-corrected chi connectivity index (χ3v) is 4.53. The standard InChI is InChI=1S/C20H16FN5/c1-13-7-14(9-22)10-24-20(13)26-6-5-17-16(12-26)8-15(11-23-17)18-3-2-4-19(21)25-18/h2-4,7-8,10-11H,5-6,12H2,1H3. The van der Waals surface area contributed by atoms with Gasteiger partial charge in [0, 0.05) is 43.2 Å². The molecule has 0 amide bonds. The van der Waals surface area contributed by atoms with Crippen molar-refractivity contribution in [3.63, 3.8) is 0 Å². The van der Waals surface area contributed by atoms with Crippen molar-refractivity contribution < 1.29 is 4.39 Å². The summed E-state index contributed by atoms with van der Waals surface area (Å²) >= 11 is 0. The van der Waals surface area contributed by atoms with Crippen LogP contribution in [0.4, 0.5) is 10.2 Å². The van der Waals surface area contributed by atoms with Gasteiger partial charge >= 0.3 is 0 Å². The molecule has 4 rings (SSSR count). The molecule has 0 atom stereocenters. The minimum Gasteiger partial charge on any atom is -0.352 e. The van der Waals surface area contributed by atoms with E-state index in [0.29, 0.717) is 17.8 Å². The number of nitrogens with zero attached hydrogens (tertiary/aromatic N) is 5. The molecule has 0 radical (unpaired) electrons. The summed E-state index contributed by atoms with van der Waals surface area (Å²) in [6, 6.07) is 10.7. The largest absolute Gasteiger partial charge is 0.352 e. The Hall–Kier alpha value is -3.33. The van der Waals surface area contributed by atoms with E-state index in [-0.39, 0.29) is 0 Å². The summed E-state index contributed by atoms with van der Waals surface area (Å²) in [7, 11) is 0. The molecule has 0 fully saturated rings. The van der Waals surface area contributed by atoms with E-state index >= 15 is 0 Å². The fraction of sp³-hybridized carbons (Fsp3) is 0.200. The topological polar surface area (TPSA) is 65.7 Å². The molecule has 0 saturated heterocycles. The highest BCUT2D eigenvalue weighted by Gasteiger charge is 2.21. The number of hydrogen-bond donors (Lipinski definition) is 0. The number of aromatic nitrogens is 3. The van der Waals surface area contributed by atoms with E-state index in [1.54, 1.807) is 24.5 Å². The summed E-state index contributed by atoms with van der Waals surface area (Å²) in [4.78, 5) is 15.1. The zero-order valence-electron chi connectivity index (χ0n) is 14.3. The van der Waals surface area contributed by atoms with Crippen molar-refractivity contribution in [1.82, 2.24) is 15.0 Å². The van der Waals surface area contributed by atoms with Crippen molar-refractivity contribution in [2.24, 2.45) is 0 Å². The minimum atomic E-state index is -0.501. The van der Waals surface area contributed by atoms with Gasteiger partial charge in [-0.25, -0.2) is 9.97 Å². The molecular weight excluding hydrogens is 329 g/mol. The average Bonchev–Trinajstić information content (AvgIpc) is 2.67. The lowest BCUT2D eigenvalue weighted by molar-refractivity contribution is 0.585. The van der Waals surface area contributed by atoms with Gasteiger partial charge in [0.15, 0.2) is 0 Å². The second kappa shape index (κ2) is 6.52. The number of anilines is 1. The van der Waals surface area contributed by atoms with Crippen molar-refractivity contribution in [2.45, 2.75) is 19.9 Å². The molecular formula is C20H16FN5. The Balaban J connectivity index is 1.66. The Morgan fingerprint density at radius 1 is 1.19 bits per heavy atom. The molecule has 128 valence electrons. The summed E-state index contributed by atoms with van der Waals surface area (Å²) in [5.41, 5.74) is 5.05. The van der Waals surface area contributed by atoms with Crippen molar-refractivity contribution in [2.75, 3.05) is 11.4 Å². The number of halogens is 1. The van der Waals surface area contributed by atoms with Crippen molar-refractivity contribution in [3.8, 4) is 17.3 Å². The highest BCUT2D eigenvalue weighted by Crippen LogP contribution is 2.27. The van der Waals surface area contributed by atoms with Crippen LogP contribution in [-0.4, -0.2) is 21.5 Å².